The number of hydrogen-bond donors (Lipinski definition) is 0. The minimum absolute atomic E-state index is 0.0259. The summed E-state index contributed by atoms with van der Waals surface area (Å²) in [6.07, 6.45) is 4.99. The lowest BCUT2D eigenvalue weighted by Gasteiger charge is -2.31. The first-order valence-electron chi connectivity index (χ1n) is 9.37. The van der Waals surface area contributed by atoms with E-state index in [0.717, 1.165) is 38.6 Å². The van der Waals surface area contributed by atoms with E-state index in [2.05, 4.69) is 28.3 Å². The Hall–Kier alpha value is -2.17. The third-order valence-electron chi connectivity index (χ3n) is 5.45. The zero-order chi connectivity index (χ0) is 17.4. The van der Waals surface area contributed by atoms with Gasteiger partial charge in [0.15, 0.2) is 5.82 Å². The normalized spacial score (nSPS) is 23.1. The fraction of sp³-hybridized carbons (Fsp3) is 0.550. The topological polar surface area (TPSA) is 59.2 Å². The lowest BCUT2D eigenvalue weighted by molar-refractivity contribution is -0.134. The van der Waals surface area contributed by atoms with Crippen LogP contribution < -0.4 is 0 Å². The van der Waals surface area contributed by atoms with Crippen molar-refractivity contribution in [3.63, 3.8) is 0 Å². The number of aryl methyl sites for hydroxylation is 1. The van der Waals surface area contributed by atoms with Gasteiger partial charge in [0.05, 0.1) is 12.0 Å². The number of carbonyl (C=O) groups excluding carboxylic acids is 1. The van der Waals surface area contributed by atoms with Crippen molar-refractivity contribution in [2.75, 3.05) is 6.54 Å². The fourth-order valence-corrected chi connectivity index (χ4v) is 4.13. The molecule has 1 fully saturated rings. The van der Waals surface area contributed by atoms with Crippen molar-refractivity contribution in [2.45, 2.75) is 63.8 Å². The molecule has 4 rings (SSSR count). The molecule has 1 aliphatic carbocycles. The Morgan fingerprint density at radius 2 is 2.08 bits per heavy atom. The van der Waals surface area contributed by atoms with E-state index in [1.165, 1.54) is 11.1 Å². The summed E-state index contributed by atoms with van der Waals surface area (Å²) in [4.78, 5) is 19.9. The van der Waals surface area contributed by atoms with Crippen LogP contribution >= 0.6 is 0 Å². The van der Waals surface area contributed by atoms with E-state index >= 15 is 0 Å². The molecule has 1 saturated heterocycles. The van der Waals surface area contributed by atoms with Crippen LogP contribution in [-0.4, -0.2) is 27.5 Å². The van der Waals surface area contributed by atoms with Gasteiger partial charge in [0.1, 0.15) is 0 Å². The van der Waals surface area contributed by atoms with Gasteiger partial charge in [-0.25, -0.2) is 0 Å². The summed E-state index contributed by atoms with van der Waals surface area (Å²) in [5.41, 5.74) is 2.53. The number of hydrogen-bond acceptors (Lipinski definition) is 4. The molecular weight excluding hydrogens is 314 g/mol. The first kappa shape index (κ1) is 16.3. The van der Waals surface area contributed by atoms with Gasteiger partial charge in [-0.05, 0) is 43.2 Å². The Labute approximate surface area is 148 Å². The number of benzene rings is 1. The zero-order valence-electron chi connectivity index (χ0n) is 14.9. The van der Waals surface area contributed by atoms with Gasteiger partial charge in [0, 0.05) is 12.5 Å². The largest absolute Gasteiger partial charge is 0.339 e. The van der Waals surface area contributed by atoms with Gasteiger partial charge < -0.3 is 9.42 Å². The smallest absolute Gasteiger partial charge is 0.230 e. The van der Waals surface area contributed by atoms with Crippen LogP contribution in [0.3, 0.4) is 0 Å². The molecular formula is C20H25N3O2. The minimum Gasteiger partial charge on any atom is -0.339 e. The van der Waals surface area contributed by atoms with Crippen LogP contribution in [0, 0.1) is 0 Å². The van der Waals surface area contributed by atoms with Gasteiger partial charge in [0.2, 0.25) is 11.8 Å². The van der Waals surface area contributed by atoms with Crippen molar-refractivity contribution < 1.29 is 9.32 Å². The van der Waals surface area contributed by atoms with Crippen molar-refractivity contribution in [2.24, 2.45) is 0 Å². The quantitative estimate of drug-likeness (QED) is 0.849. The molecule has 2 heterocycles. The maximum absolute atomic E-state index is 13.3. The lowest BCUT2D eigenvalue weighted by Crippen LogP contribution is -2.36. The summed E-state index contributed by atoms with van der Waals surface area (Å²) in [7, 11) is 0. The van der Waals surface area contributed by atoms with E-state index in [9.17, 15) is 4.79 Å². The van der Waals surface area contributed by atoms with Gasteiger partial charge >= 0.3 is 0 Å². The number of fused-ring (bicyclic) bond motifs is 1. The number of rotatable bonds is 3. The predicted octanol–water partition coefficient (Wildman–Crippen LogP) is 3.98. The zero-order valence-corrected chi connectivity index (χ0v) is 14.9. The number of likely N-dealkylation sites (tertiary alicyclic amines) is 1. The van der Waals surface area contributed by atoms with E-state index in [-0.39, 0.29) is 23.8 Å². The highest BCUT2D eigenvalue weighted by Crippen LogP contribution is 2.38. The van der Waals surface area contributed by atoms with Crippen molar-refractivity contribution >= 4 is 5.91 Å². The van der Waals surface area contributed by atoms with Crippen LogP contribution in [0.2, 0.25) is 0 Å². The summed E-state index contributed by atoms with van der Waals surface area (Å²) < 4.78 is 5.37. The maximum Gasteiger partial charge on any atom is 0.230 e. The summed E-state index contributed by atoms with van der Waals surface area (Å²) in [5.74, 6) is 1.72. The van der Waals surface area contributed by atoms with E-state index in [1.807, 2.05) is 24.8 Å². The molecule has 0 spiro atoms. The van der Waals surface area contributed by atoms with Crippen LogP contribution in [0.15, 0.2) is 28.8 Å². The molecule has 25 heavy (non-hydrogen) atoms. The molecule has 0 unspecified atom stereocenters. The Bertz CT molecular complexity index is 768. The van der Waals surface area contributed by atoms with Crippen LogP contribution in [0.4, 0.5) is 0 Å². The maximum atomic E-state index is 13.3. The first-order valence-corrected chi connectivity index (χ1v) is 9.37. The van der Waals surface area contributed by atoms with Crippen LogP contribution in [0.5, 0.6) is 0 Å². The average molecular weight is 339 g/mol. The van der Waals surface area contributed by atoms with Crippen molar-refractivity contribution in [3.8, 4) is 0 Å². The number of nitrogens with zero attached hydrogens (tertiary/aromatic N) is 3. The second-order valence-electron chi connectivity index (χ2n) is 7.48. The van der Waals surface area contributed by atoms with Gasteiger partial charge in [0.25, 0.3) is 0 Å². The monoisotopic (exact) mass is 339 g/mol. The highest BCUT2D eigenvalue weighted by molar-refractivity contribution is 5.85. The number of amides is 1. The average Bonchev–Trinajstić information content (AvgIpc) is 3.29. The predicted molar refractivity (Wildman–Crippen MR) is 94.2 cm³/mol. The van der Waals surface area contributed by atoms with Gasteiger partial charge in [-0.1, -0.05) is 43.3 Å². The van der Waals surface area contributed by atoms with Crippen LogP contribution in [0.25, 0.3) is 0 Å². The summed E-state index contributed by atoms with van der Waals surface area (Å²) >= 11 is 0. The number of carbonyl (C=O) groups is 1. The molecule has 1 aromatic carbocycles. The SMILES string of the molecule is CC(C)c1nc([C@H]2CCCN2C(=O)[C@H]2CCCc3ccccc32)no1. The molecule has 0 saturated carbocycles. The lowest BCUT2D eigenvalue weighted by atomic mass is 9.82. The Morgan fingerprint density at radius 3 is 2.88 bits per heavy atom. The Morgan fingerprint density at radius 1 is 1.24 bits per heavy atom. The molecule has 0 bridgehead atoms. The highest BCUT2D eigenvalue weighted by Gasteiger charge is 2.38. The third-order valence-corrected chi connectivity index (χ3v) is 5.45. The molecule has 0 radical (unpaired) electrons. The molecule has 1 aliphatic heterocycles. The first-order chi connectivity index (χ1) is 12.1. The minimum atomic E-state index is -0.0437. The Kier molecular flexibility index (Phi) is 4.32. The second kappa shape index (κ2) is 6.62. The molecule has 1 aromatic heterocycles. The molecule has 5 nitrogen and oxygen atoms in total. The molecule has 0 N–H and O–H groups in total. The molecule has 1 amide bonds. The van der Waals surface area contributed by atoms with Gasteiger partial charge in [-0.2, -0.15) is 4.98 Å². The van der Waals surface area contributed by atoms with E-state index in [0.29, 0.717) is 11.7 Å². The van der Waals surface area contributed by atoms with Crippen molar-refractivity contribution in [1.29, 1.82) is 0 Å². The van der Waals surface area contributed by atoms with Crippen LogP contribution in [-0.2, 0) is 11.2 Å². The van der Waals surface area contributed by atoms with E-state index < -0.39 is 0 Å². The van der Waals surface area contributed by atoms with Crippen LogP contribution in [0.1, 0.15) is 80.3 Å². The molecule has 5 heteroatoms. The fourth-order valence-electron chi connectivity index (χ4n) is 4.13. The summed E-state index contributed by atoms with van der Waals surface area (Å²) in [5, 5.41) is 4.16. The number of aromatic nitrogens is 2. The third kappa shape index (κ3) is 2.96. The second-order valence-corrected chi connectivity index (χ2v) is 7.48. The standard InChI is InChI=1S/C20H25N3O2/c1-13(2)19-21-18(22-25-19)17-11-6-12-23(17)20(24)16-10-5-8-14-7-3-4-9-15(14)16/h3-4,7,9,13,16-17H,5-6,8,10-12H2,1-2H3/t16-,17+/m0/s1. The summed E-state index contributed by atoms with van der Waals surface area (Å²) in [6, 6.07) is 8.34. The summed E-state index contributed by atoms with van der Waals surface area (Å²) in [6.45, 7) is 4.86. The Balaban J connectivity index is 1.59. The molecule has 2 aromatic rings. The highest BCUT2D eigenvalue weighted by atomic mass is 16.5. The van der Waals surface area contributed by atoms with Gasteiger partial charge in [-0.3, -0.25) is 4.79 Å². The molecule has 2 atom stereocenters. The van der Waals surface area contributed by atoms with Crippen molar-refractivity contribution in [1.82, 2.24) is 15.0 Å². The van der Waals surface area contributed by atoms with E-state index in [1.54, 1.807) is 0 Å². The van der Waals surface area contributed by atoms with Gasteiger partial charge in [-0.15, -0.1) is 0 Å². The van der Waals surface area contributed by atoms with E-state index in [4.69, 9.17) is 4.52 Å². The molecule has 132 valence electrons. The van der Waals surface area contributed by atoms with Crippen molar-refractivity contribution in [3.05, 3.63) is 47.1 Å². The molecule has 2 aliphatic rings.